The summed E-state index contributed by atoms with van der Waals surface area (Å²) in [6.45, 7) is 2.11. The van der Waals surface area contributed by atoms with Crippen molar-refractivity contribution in [1.82, 2.24) is 24.5 Å². The van der Waals surface area contributed by atoms with Crippen LogP contribution >= 0.6 is 0 Å². The number of methoxy groups -OCH3 is 2. The lowest BCUT2D eigenvalue weighted by molar-refractivity contribution is -0.121. The highest BCUT2D eigenvalue weighted by molar-refractivity contribution is 5.82. The predicted octanol–water partition coefficient (Wildman–Crippen LogP) is 1.73. The van der Waals surface area contributed by atoms with E-state index < -0.39 is 0 Å². The van der Waals surface area contributed by atoms with Crippen LogP contribution in [0, 0.1) is 6.92 Å². The molecule has 0 bridgehead atoms. The van der Waals surface area contributed by atoms with Gasteiger partial charge in [-0.25, -0.2) is 0 Å². The Hall–Kier alpha value is -3.88. The molecule has 2 heterocycles. The van der Waals surface area contributed by atoms with Crippen LogP contribution in [0.2, 0.25) is 0 Å². The molecule has 1 N–H and O–H groups in total. The smallest absolute Gasteiger partial charge is 0.297 e. The minimum atomic E-state index is -0.352. The number of aryl methyl sites for hydroxylation is 1. The van der Waals surface area contributed by atoms with E-state index in [1.807, 2.05) is 42.5 Å². The van der Waals surface area contributed by atoms with Gasteiger partial charge in [0.05, 0.1) is 25.3 Å². The normalized spacial score (nSPS) is 11.1. The molecule has 0 atom stereocenters. The first-order valence-electron chi connectivity index (χ1n) is 9.84. The molecule has 0 aliphatic rings. The number of nitrogens with zero attached hydrogens (tertiary/aromatic N) is 4. The van der Waals surface area contributed by atoms with Gasteiger partial charge in [-0.3, -0.25) is 18.6 Å². The van der Waals surface area contributed by atoms with Crippen LogP contribution in [0.5, 0.6) is 11.5 Å². The fourth-order valence-corrected chi connectivity index (χ4v) is 3.64. The van der Waals surface area contributed by atoms with Gasteiger partial charge in [0.2, 0.25) is 11.6 Å². The van der Waals surface area contributed by atoms with Gasteiger partial charge in [0, 0.05) is 6.54 Å². The summed E-state index contributed by atoms with van der Waals surface area (Å²) in [5.41, 5.74) is 2.28. The van der Waals surface area contributed by atoms with Crippen molar-refractivity contribution in [2.24, 2.45) is 0 Å². The number of amides is 1. The number of fused-ring (bicyclic) bond motifs is 3. The maximum Gasteiger partial charge on any atom is 0.297 e. The molecule has 4 aromatic rings. The minimum absolute atomic E-state index is 0.103. The molecule has 0 spiro atoms. The summed E-state index contributed by atoms with van der Waals surface area (Å²) in [5.74, 6) is 1.66. The molecular weight excluding hydrogens is 398 g/mol. The number of aromatic nitrogens is 4. The number of para-hydroxylation sites is 2. The molecule has 4 rings (SSSR count). The van der Waals surface area contributed by atoms with E-state index in [0.29, 0.717) is 35.8 Å². The van der Waals surface area contributed by atoms with Crippen molar-refractivity contribution >= 4 is 22.6 Å². The number of hydrogen-bond donors (Lipinski definition) is 1. The molecule has 0 fully saturated rings. The van der Waals surface area contributed by atoms with Gasteiger partial charge in [-0.1, -0.05) is 18.2 Å². The zero-order valence-corrected chi connectivity index (χ0v) is 17.6. The standard InChI is InChI=1S/C22H23N5O4/c1-14-24-25-21-22(29)26(16-6-4-5-7-17(16)27(14)21)13-20(28)23-11-10-15-8-9-18(30-2)19(12-15)31-3/h4-9,12H,10-11,13H2,1-3H3,(H,23,28). The summed E-state index contributed by atoms with van der Waals surface area (Å²) in [6.07, 6.45) is 0.615. The van der Waals surface area contributed by atoms with Crippen molar-refractivity contribution < 1.29 is 14.3 Å². The third-order valence-electron chi connectivity index (χ3n) is 5.16. The second-order valence-corrected chi connectivity index (χ2v) is 7.08. The van der Waals surface area contributed by atoms with E-state index in [0.717, 1.165) is 11.1 Å². The zero-order valence-electron chi connectivity index (χ0n) is 17.6. The molecule has 0 saturated heterocycles. The lowest BCUT2D eigenvalue weighted by Gasteiger charge is -2.13. The number of hydrogen-bond acceptors (Lipinski definition) is 6. The highest BCUT2D eigenvalue weighted by atomic mass is 16.5. The van der Waals surface area contributed by atoms with Gasteiger partial charge in [-0.05, 0) is 43.2 Å². The third kappa shape index (κ3) is 3.81. The first-order chi connectivity index (χ1) is 15.0. The lowest BCUT2D eigenvalue weighted by Crippen LogP contribution is -2.34. The second-order valence-electron chi connectivity index (χ2n) is 7.08. The Labute approximate surface area is 178 Å². The maximum absolute atomic E-state index is 13.0. The Morgan fingerprint density at radius 3 is 2.52 bits per heavy atom. The van der Waals surface area contributed by atoms with Crippen LogP contribution < -0.4 is 20.3 Å². The molecule has 9 nitrogen and oxygen atoms in total. The first-order valence-corrected chi connectivity index (χ1v) is 9.84. The van der Waals surface area contributed by atoms with Gasteiger partial charge in [-0.2, -0.15) is 0 Å². The van der Waals surface area contributed by atoms with Crippen molar-refractivity contribution in [2.45, 2.75) is 19.9 Å². The lowest BCUT2D eigenvalue weighted by atomic mass is 10.1. The molecule has 0 radical (unpaired) electrons. The second kappa shape index (κ2) is 8.47. The Balaban J connectivity index is 1.51. The summed E-state index contributed by atoms with van der Waals surface area (Å²) >= 11 is 0. The van der Waals surface area contributed by atoms with Gasteiger partial charge >= 0.3 is 0 Å². The Morgan fingerprint density at radius 1 is 1.03 bits per heavy atom. The number of rotatable bonds is 7. The molecular formula is C22H23N5O4. The summed E-state index contributed by atoms with van der Waals surface area (Å²) in [6, 6.07) is 13.0. The van der Waals surface area contributed by atoms with E-state index in [-0.39, 0.29) is 23.7 Å². The van der Waals surface area contributed by atoms with E-state index in [9.17, 15) is 9.59 Å². The van der Waals surface area contributed by atoms with E-state index in [4.69, 9.17) is 9.47 Å². The van der Waals surface area contributed by atoms with Crippen molar-refractivity contribution in [2.75, 3.05) is 20.8 Å². The van der Waals surface area contributed by atoms with Crippen LogP contribution in [0.25, 0.3) is 16.7 Å². The number of ether oxygens (including phenoxy) is 2. The zero-order chi connectivity index (χ0) is 22.0. The summed E-state index contributed by atoms with van der Waals surface area (Å²) in [4.78, 5) is 25.6. The Morgan fingerprint density at radius 2 is 1.77 bits per heavy atom. The van der Waals surface area contributed by atoms with Gasteiger partial charge in [0.25, 0.3) is 5.56 Å². The van der Waals surface area contributed by atoms with E-state index in [1.165, 1.54) is 4.57 Å². The summed E-state index contributed by atoms with van der Waals surface area (Å²) in [5, 5.41) is 10.9. The quantitative estimate of drug-likeness (QED) is 0.488. The van der Waals surface area contributed by atoms with E-state index in [1.54, 1.807) is 25.5 Å². The van der Waals surface area contributed by atoms with Gasteiger partial charge in [0.1, 0.15) is 12.4 Å². The van der Waals surface area contributed by atoms with E-state index >= 15 is 0 Å². The highest BCUT2D eigenvalue weighted by Gasteiger charge is 2.16. The van der Waals surface area contributed by atoms with Crippen LogP contribution in [-0.4, -0.2) is 45.8 Å². The average molecular weight is 421 g/mol. The van der Waals surface area contributed by atoms with Crippen LogP contribution in [-0.2, 0) is 17.8 Å². The minimum Gasteiger partial charge on any atom is -0.493 e. The maximum atomic E-state index is 13.0. The monoisotopic (exact) mass is 421 g/mol. The van der Waals surface area contributed by atoms with E-state index in [2.05, 4.69) is 15.5 Å². The molecule has 2 aromatic heterocycles. The molecule has 31 heavy (non-hydrogen) atoms. The number of benzene rings is 2. The Bertz CT molecular complexity index is 1320. The topological polar surface area (TPSA) is 99.8 Å². The molecule has 0 aliphatic heterocycles. The van der Waals surface area contributed by atoms with Crippen molar-refractivity contribution in [3.8, 4) is 11.5 Å². The SMILES string of the molecule is COc1ccc(CCNC(=O)Cn2c(=O)c3nnc(C)n3c3ccccc32)cc1OC. The molecule has 0 saturated carbocycles. The molecule has 9 heteroatoms. The van der Waals surface area contributed by atoms with Crippen LogP contribution in [0.3, 0.4) is 0 Å². The van der Waals surface area contributed by atoms with Crippen LogP contribution in [0.1, 0.15) is 11.4 Å². The fraction of sp³-hybridized carbons (Fsp3) is 0.273. The molecule has 0 unspecified atom stereocenters. The van der Waals surface area contributed by atoms with Crippen molar-refractivity contribution in [3.05, 3.63) is 64.2 Å². The van der Waals surface area contributed by atoms with Gasteiger partial charge in [-0.15, -0.1) is 10.2 Å². The predicted molar refractivity (Wildman–Crippen MR) is 116 cm³/mol. The van der Waals surface area contributed by atoms with Crippen molar-refractivity contribution in [3.63, 3.8) is 0 Å². The van der Waals surface area contributed by atoms with Gasteiger partial charge in [0.15, 0.2) is 11.5 Å². The molecule has 1 amide bonds. The number of carbonyl (C=O) groups is 1. The number of carbonyl (C=O) groups excluding carboxylic acids is 1. The first kappa shape index (κ1) is 20.4. The summed E-state index contributed by atoms with van der Waals surface area (Å²) in [7, 11) is 3.17. The molecule has 160 valence electrons. The van der Waals surface area contributed by atoms with Crippen LogP contribution in [0.15, 0.2) is 47.3 Å². The Kier molecular flexibility index (Phi) is 5.57. The summed E-state index contributed by atoms with van der Waals surface area (Å²) < 4.78 is 13.7. The average Bonchev–Trinajstić information content (AvgIpc) is 3.18. The van der Waals surface area contributed by atoms with Crippen molar-refractivity contribution in [1.29, 1.82) is 0 Å². The molecule has 2 aromatic carbocycles. The third-order valence-corrected chi connectivity index (χ3v) is 5.16. The number of nitrogens with one attached hydrogen (secondary N) is 1. The van der Waals surface area contributed by atoms with Gasteiger partial charge < -0.3 is 14.8 Å². The molecule has 0 aliphatic carbocycles. The van der Waals surface area contributed by atoms with Crippen LogP contribution in [0.4, 0.5) is 0 Å². The largest absolute Gasteiger partial charge is 0.493 e. The fourth-order valence-electron chi connectivity index (χ4n) is 3.64. The highest BCUT2D eigenvalue weighted by Crippen LogP contribution is 2.27.